The van der Waals surface area contributed by atoms with Crippen molar-refractivity contribution in [3.05, 3.63) is 59.9 Å². The predicted octanol–water partition coefficient (Wildman–Crippen LogP) is 4.07. The number of nitrogens with zero attached hydrogens (tertiary/aromatic N) is 2. The van der Waals surface area contributed by atoms with Gasteiger partial charge in [-0.15, -0.1) is 0 Å². The Kier molecular flexibility index (Phi) is 6.26. The van der Waals surface area contributed by atoms with E-state index in [1.807, 2.05) is 25.3 Å². The zero-order valence-electron chi connectivity index (χ0n) is 15.8. The second-order valence-electron chi connectivity index (χ2n) is 7.30. The fourth-order valence-corrected chi connectivity index (χ4v) is 3.45. The Hall–Kier alpha value is -2.36. The van der Waals surface area contributed by atoms with Crippen LogP contribution in [0, 0.1) is 5.92 Å². The van der Waals surface area contributed by atoms with Crippen LogP contribution in [-0.4, -0.2) is 30.0 Å². The van der Waals surface area contributed by atoms with Crippen LogP contribution in [0.4, 0.5) is 5.69 Å². The zero-order chi connectivity index (χ0) is 18.4. The molecule has 0 bridgehead atoms. The van der Waals surface area contributed by atoms with Crippen LogP contribution in [0.2, 0.25) is 0 Å². The summed E-state index contributed by atoms with van der Waals surface area (Å²) in [6, 6.07) is 14.8. The monoisotopic (exact) mass is 351 g/mol. The van der Waals surface area contributed by atoms with Crippen LogP contribution in [-0.2, 0) is 6.42 Å². The predicted molar refractivity (Wildman–Crippen MR) is 107 cm³/mol. The number of aromatic nitrogens is 1. The van der Waals surface area contributed by atoms with Gasteiger partial charge in [0.15, 0.2) is 0 Å². The lowest BCUT2D eigenvalue weighted by molar-refractivity contribution is 0.0934. The van der Waals surface area contributed by atoms with E-state index in [0.717, 1.165) is 31.1 Å². The summed E-state index contributed by atoms with van der Waals surface area (Å²) in [5, 5.41) is 2.96. The van der Waals surface area contributed by atoms with Gasteiger partial charge in [0.2, 0.25) is 0 Å². The van der Waals surface area contributed by atoms with Crippen molar-refractivity contribution in [2.45, 2.75) is 45.6 Å². The zero-order valence-corrected chi connectivity index (χ0v) is 15.8. The van der Waals surface area contributed by atoms with Gasteiger partial charge >= 0.3 is 0 Å². The average Bonchev–Trinajstić information content (AvgIpc) is 2.69. The number of benzene rings is 1. The Balaban J connectivity index is 1.52. The number of carbonyl (C=O) groups is 1. The van der Waals surface area contributed by atoms with Gasteiger partial charge in [-0.25, -0.2) is 4.98 Å². The molecule has 0 aliphatic carbocycles. The van der Waals surface area contributed by atoms with Gasteiger partial charge in [0.25, 0.3) is 5.91 Å². The lowest BCUT2D eigenvalue weighted by atomic mass is 9.90. The summed E-state index contributed by atoms with van der Waals surface area (Å²) in [7, 11) is 0. The molecule has 2 aromatic rings. The highest BCUT2D eigenvalue weighted by atomic mass is 16.1. The topological polar surface area (TPSA) is 45.2 Å². The highest BCUT2D eigenvalue weighted by Gasteiger charge is 2.20. The molecule has 1 atom stereocenters. The largest absolute Gasteiger partial charge is 0.370 e. The molecule has 1 aliphatic heterocycles. The standard InChI is InChI=1S/C22H29N3O/c1-3-17(2)24-22(26)21-10-9-20(16-23-21)25-13-11-19(12-14-25)15-18-7-5-4-6-8-18/h4-10,16-17,19H,3,11-15H2,1-2H3,(H,24,26). The smallest absolute Gasteiger partial charge is 0.270 e. The molecule has 4 nitrogen and oxygen atoms in total. The highest BCUT2D eigenvalue weighted by Crippen LogP contribution is 2.25. The van der Waals surface area contributed by atoms with Crippen LogP contribution in [0.5, 0.6) is 0 Å². The van der Waals surface area contributed by atoms with Crippen molar-refractivity contribution in [3.8, 4) is 0 Å². The molecule has 0 radical (unpaired) electrons. The highest BCUT2D eigenvalue weighted by molar-refractivity contribution is 5.92. The van der Waals surface area contributed by atoms with Crippen molar-refractivity contribution in [2.75, 3.05) is 18.0 Å². The summed E-state index contributed by atoms with van der Waals surface area (Å²) >= 11 is 0. The summed E-state index contributed by atoms with van der Waals surface area (Å²) < 4.78 is 0. The lowest BCUT2D eigenvalue weighted by Crippen LogP contribution is -2.35. The molecule has 1 amide bonds. The molecule has 0 saturated carbocycles. The second-order valence-corrected chi connectivity index (χ2v) is 7.30. The maximum absolute atomic E-state index is 12.1. The van der Waals surface area contributed by atoms with E-state index >= 15 is 0 Å². The Morgan fingerprint density at radius 3 is 2.54 bits per heavy atom. The van der Waals surface area contributed by atoms with Gasteiger partial charge in [-0.2, -0.15) is 0 Å². The van der Waals surface area contributed by atoms with Gasteiger partial charge in [-0.3, -0.25) is 4.79 Å². The van der Waals surface area contributed by atoms with Crippen LogP contribution in [0.15, 0.2) is 48.7 Å². The van der Waals surface area contributed by atoms with E-state index < -0.39 is 0 Å². The Morgan fingerprint density at radius 2 is 1.92 bits per heavy atom. The van der Waals surface area contributed by atoms with E-state index in [0.29, 0.717) is 5.69 Å². The first-order valence-corrected chi connectivity index (χ1v) is 9.71. The third-order valence-corrected chi connectivity index (χ3v) is 5.32. The molecule has 0 spiro atoms. The molecule has 1 aromatic heterocycles. The quantitative estimate of drug-likeness (QED) is 0.853. The molecule has 1 unspecified atom stereocenters. The molecule has 1 N–H and O–H groups in total. The van der Waals surface area contributed by atoms with Gasteiger partial charge in [0.1, 0.15) is 5.69 Å². The number of carbonyl (C=O) groups excluding carboxylic acids is 1. The minimum atomic E-state index is -0.0903. The van der Waals surface area contributed by atoms with Gasteiger partial charge in [-0.05, 0) is 56.2 Å². The summed E-state index contributed by atoms with van der Waals surface area (Å²) in [6.07, 6.45) is 6.32. The molecule has 3 rings (SSSR count). The third kappa shape index (κ3) is 4.84. The Labute approximate surface area is 156 Å². The van der Waals surface area contributed by atoms with E-state index in [2.05, 4.69) is 52.5 Å². The van der Waals surface area contributed by atoms with Crippen molar-refractivity contribution < 1.29 is 4.79 Å². The number of pyridine rings is 1. The third-order valence-electron chi connectivity index (χ3n) is 5.32. The second kappa shape index (κ2) is 8.84. The van der Waals surface area contributed by atoms with Crippen molar-refractivity contribution in [1.82, 2.24) is 10.3 Å². The van der Waals surface area contributed by atoms with Crippen LogP contribution >= 0.6 is 0 Å². The van der Waals surface area contributed by atoms with E-state index in [1.54, 1.807) is 0 Å². The SMILES string of the molecule is CCC(C)NC(=O)c1ccc(N2CCC(Cc3ccccc3)CC2)cn1. The lowest BCUT2D eigenvalue weighted by Gasteiger charge is -2.33. The number of hydrogen-bond acceptors (Lipinski definition) is 3. The van der Waals surface area contributed by atoms with Crippen LogP contribution in [0.25, 0.3) is 0 Å². The van der Waals surface area contributed by atoms with E-state index in [9.17, 15) is 4.79 Å². The maximum Gasteiger partial charge on any atom is 0.270 e. The molecule has 26 heavy (non-hydrogen) atoms. The number of hydrogen-bond donors (Lipinski definition) is 1. The van der Waals surface area contributed by atoms with Crippen molar-refractivity contribution >= 4 is 11.6 Å². The van der Waals surface area contributed by atoms with Gasteiger partial charge < -0.3 is 10.2 Å². The van der Waals surface area contributed by atoms with Crippen LogP contribution < -0.4 is 10.2 Å². The van der Waals surface area contributed by atoms with Gasteiger partial charge in [0, 0.05) is 19.1 Å². The van der Waals surface area contributed by atoms with E-state index in [-0.39, 0.29) is 11.9 Å². The molecule has 1 fully saturated rings. The minimum absolute atomic E-state index is 0.0903. The molecule has 1 saturated heterocycles. The van der Waals surface area contributed by atoms with Crippen molar-refractivity contribution in [2.24, 2.45) is 5.92 Å². The minimum Gasteiger partial charge on any atom is -0.370 e. The van der Waals surface area contributed by atoms with Crippen molar-refractivity contribution in [3.63, 3.8) is 0 Å². The number of piperidine rings is 1. The number of rotatable bonds is 6. The molecule has 1 aromatic carbocycles. The molecular formula is C22H29N3O. The van der Waals surface area contributed by atoms with E-state index in [1.165, 1.54) is 24.8 Å². The fraction of sp³-hybridized carbons (Fsp3) is 0.455. The average molecular weight is 351 g/mol. The molecule has 2 heterocycles. The Bertz CT molecular complexity index is 691. The summed E-state index contributed by atoms with van der Waals surface area (Å²) in [4.78, 5) is 18.9. The first kappa shape index (κ1) is 18.4. The van der Waals surface area contributed by atoms with Crippen molar-refractivity contribution in [1.29, 1.82) is 0 Å². The summed E-state index contributed by atoms with van der Waals surface area (Å²) in [5.41, 5.74) is 3.04. The van der Waals surface area contributed by atoms with Crippen LogP contribution in [0.1, 0.15) is 49.2 Å². The summed E-state index contributed by atoms with van der Waals surface area (Å²) in [6.45, 7) is 6.17. The van der Waals surface area contributed by atoms with Gasteiger partial charge in [0.05, 0.1) is 11.9 Å². The number of amides is 1. The van der Waals surface area contributed by atoms with E-state index in [4.69, 9.17) is 0 Å². The Morgan fingerprint density at radius 1 is 1.19 bits per heavy atom. The number of anilines is 1. The molecule has 1 aliphatic rings. The number of nitrogens with one attached hydrogen (secondary N) is 1. The fourth-order valence-electron chi connectivity index (χ4n) is 3.45. The molecule has 4 heteroatoms. The van der Waals surface area contributed by atoms with Gasteiger partial charge in [-0.1, -0.05) is 37.3 Å². The molecule has 138 valence electrons. The normalized spacial score (nSPS) is 16.3. The summed E-state index contributed by atoms with van der Waals surface area (Å²) in [5.74, 6) is 0.662. The van der Waals surface area contributed by atoms with Crippen LogP contribution in [0.3, 0.4) is 0 Å². The first-order chi connectivity index (χ1) is 12.7. The molecular weight excluding hydrogens is 322 g/mol. The maximum atomic E-state index is 12.1. The first-order valence-electron chi connectivity index (χ1n) is 9.71.